The third kappa shape index (κ3) is 4.09. The first-order valence-electron chi connectivity index (χ1n) is 10.5. The van der Waals surface area contributed by atoms with Crippen LogP contribution in [0.3, 0.4) is 0 Å². The van der Waals surface area contributed by atoms with Crippen molar-refractivity contribution in [3.8, 4) is 28.7 Å². The van der Waals surface area contributed by atoms with Gasteiger partial charge in [0.2, 0.25) is 6.19 Å². The van der Waals surface area contributed by atoms with Crippen LogP contribution in [0.4, 0.5) is 5.82 Å². The van der Waals surface area contributed by atoms with E-state index in [2.05, 4.69) is 30.5 Å². The molecule has 33 heavy (non-hydrogen) atoms. The number of H-pyrrole nitrogens is 1. The van der Waals surface area contributed by atoms with E-state index in [-0.39, 0.29) is 0 Å². The second kappa shape index (κ2) is 8.71. The molecule has 1 aliphatic rings. The molecule has 0 spiro atoms. The molecule has 0 bridgehead atoms. The third-order valence-electron chi connectivity index (χ3n) is 5.71. The van der Waals surface area contributed by atoms with Crippen LogP contribution in [0.5, 0.6) is 0 Å². The first-order chi connectivity index (χ1) is 16.1. The van der Waals surface area contributed by atoms with E-state index in [9.17, 15) is 4.55 Å². The number of nitriles is 1. The molecule has 0 amide bonds. The number of rotatable bonds is 4. The molecule has 0 saturated carbocycles. The number of aromatic nitrogens is 4. The summed E-state index contributed by atoms with van der Waals surface area (Å²) >= 11 is 0. The topological polar surface area (TPSA) is 123 Å². The minimum Gasteiger partial charge on any atom is -0.378 e. The molecule has 1 fully saturated rings. The molecule has 4 heterocycles. The van der Waals surface area contributed by atoms with Gasteiger partial charge in [0.05, 0.1) is 18.9 Å². The monoisotopic (exact) mass is 461 g/mol. The molecule has 0 unspecified atom stereocenters. The van der Waals surface area contributed by atoms with E-state index in [0.29, 0.717) is 18.1 Å². The Bertz CT molecular complexity index is 1380. The average Bonchev–Trinajstić information content (AvgIpc) is 3.38. The van der Waals surface area contributed by atoms with Gasteiger partial charge in [0.15, 0.2) is 0 Å². The van der Waals surface area contributed by atoms with Gasteiger partial charge < -0.3 is 14.2 Å². The van der Waals surface area contributed by atoms with Crippen molar-refractivity contribution in [1.82, 2.24) is 20.2 Å². The summed E-state index contributed by atoms with van der Waals surface area (Å²) in [4.78, 5) is 12.5. The zero-order valence-electron chi connectivity index (χ0n) is 18.0. The number of morpholine rings is 1. The summed E-state index contributed by atoms with van der Waals surface area (Å²) in [5.41, 5.74) is 4.29. The molecule has 4 aromatic rings. The van der Waals surface area contributed by atoms with Crippen molar-refractivity contribution in [1.29, 1.82) is 5.26 Å². The Balaban J connectivity index is 1.70. The Hall–Kier alpha value is -3.65. The van der Waals surface area contributed by atoms with Gasteiger partial charge in [-0.1, -0.05) is 22.2 Å². The fourth-order valence-corrected chi connectivity index (χ4v) is 4.99. The molecular weight excluding hydrogens is 438 g/mol. The Labute approximate surface area is 192 Å². The zero-order valence-corrected chi connectivity index (χ0v) is 18.9. The maximum absolute atomic E-state index is 10.6. The van der Waals surface area contributed by atoms with Crippen molar-refractivity contribution in [2.75, 3.05) is 37.5 Å². The van der Waals surface area contributed by atoms with E-state index in [4.69, 9.17) is 15.0 Å². The Morgan fingerprint density at radius 3 is 2.64 bits per heavy atom. The highest BCUT2D eigenvalue weighted by atomic mass is 32.3. The summed E-state index contributed by atoms with van der Waals surface area (Å²) in [5, 5.41) is 16.9. The number of hydrogen-bond donors (Lipinski definition) is 3. The first kappa shape index (κ1) is 21.2. The molecule has 0 atom stereocenters. The van der Waals surface area contributed by atoms with Crippen LogP contribution in [0.15, 0.2) is 64.1 Å². The number of ether oxygens (including phenoxy) is 1. The molecule has 0 radical (unpaired) electrons. The molecule has 5 rings (SSSR count). The van der Waals surface area contributed by atoms with E-state index in [1.807, 2.05) is 36.4 Å². The lowest BCUT2D eigenvalue weighted by molar-refractivity contribution is 0.122. The van der Waals surface area contributed by atoms with E-state index in [1.165, 1.54) is 0 Å². The quantitative estimate of drug-likeness (QED) is 0.314. The molecule has 1 aromatic carbocycles. The summed E-state index contributed by atoms with van der Waals surface area (Å²) in [5.74, 6) is 0.859. The van der Waals surface area contributed by atoms with Gasteiger partial charge >= 0.3 is 0 Å². The largest absolute Gasteiger partial charge is 0.378 e. The van der Waals surface area contributed by atoms with E-state index in [1.54, 1.807) is 24.8 Å². The summed E-state index contributed by atoms with van der Waals surface area (Å²) in [6.45, 7) is 2.84. The average molecular weight is 462 g/mol. The van der Waals surface area contributed by atoms with Crippen LogP contribution >= 0.6 is 0 Å². The first-order valence-corrected chi connectivity index (χ1v) is 12.6. The van der Waals surface area contributed by atoms with Gasteiger partial charge in [-0.3, -0.25) is 10.1 Å². The number of hydrogen-bond acceptors (Lipinski definition) is 7. The Morgan fingerprint density at radius 2 is 1.94 bits per heavy atom. The predicted octanol–water partition coefficient (Wildman–Crippen LogP) is 3.54. The predicted molar refractivity (Wildman–Crippen MR) is 129 cm³/mol. The summed E-state index contributed by atoms with van der Waals surface area (Å²) < 4.78 is 19.8. The zero-order chi connectivity index (χ0) is 22.8. The molecule has 9 nitrogen and oxygen atoms in total. The number of anilines is 1. The minimum atomic E-state index is -2.82. The molecule has 1 aliphatic heterocycles. The van der Waals surface area contributed by atoms with Crippen molar-refractivity contribution in [3.63, 3.8) is 0 Å². The van der Waals surface area contributed by atoms with Crippen LogP contribution in [0.25, 0.3) is 33.4 Å². The van der Waals surface area contributed by atoms with Crippen molar-refractivity contribution in [2.45, 2.75) is 4.90 Å². The normalized spacial score (nSPS) is 14.8. The van der Waals surface area contributed by atoms with Crippen LogP contribution in [-0.2, 0) is 14.8 Å². The lowest BCUT2D eigenvalue weighted by atomic mass is 10.00. The van der Waals surface area contributed by atoms with Crippen LogP contribution in [0.1, 0.15) is 0 Å². The maximum atomic E-state index is 10.6. The van der Waals surface area contributed by atoms with Gasteiger partial charge in [-0.05, 0) is 47.7 Å². The van der Waals surface area contributed by atoms with Gasteiger partial charge in [-0.15, -0.1) is 4.36 Å². The highest BCUT2D eigenvalue weighted by Gasteiger charge is 2.19. The van der Waals surface area contributed by atoms with Gasteiger partial charge in [0, 0.05) is 35.8 Å². The van der Waals surface area contributed by atoms with Crippen LogP contribution in [-0.4, -0.2) is 57.3 Å². The minimum absolute atomic E-state index is 0.652. The Kier molecular flexibility index (Phi) is 5.60. The number of benzene rings is 1. The second-order valence-electron chi connectivity index (χ2n) is 7.81. The highest BCUT2D eigenvalue weighted by molar-refractivity contribution is 7.99. The van der Waals surface area contributed by atoms with Gasteiger partial charge in [-0.2, -0.15) is 10.4 Å². The van der Waals surface area contributed by atoms with E-state index < -0.39 is 10.1 Å². The summed E-state index contributed by atoms with van der Waals surface area (Å²) in [6.07, 6.45) is 6.80. The molecule has 10 heteroatoms. The summed E-state index contributed by atoms with van der Waals surface area (Å²) in [6, 6.07) is 13.5. The number of nitrogens with one attached hydrogen (secondary N) is 1. The van der Waals surface area contributed by atoms with Gasteiger partial charge in [0.1, 0.15) is 17.0 Å². The van der Waals surface area contributed by atoms with Crippen LogP contribution in [0, 0.1) is 11.5 Å². The molecule has 168 valence electrons. The van der Waals surface area contributed by atoms with Crippen LogP contribution in [0.2, 0.25) is 0 Å². The van der Waals surface area contributed by atoms with Gasteiger partial charge in [-0.25, -0.2) is 4.98 Å². The van der Waals surface area contributed by atoms with E-state index in [0.717, 1.165) is 52.3 Å². The number of nitrogens with zero attached hydrogens (tertiary/aromatic N) is 6. The molecule has 3 aromatic heterocycles. The highest BCUT2D eigenvalue weighted by Crippen LogP contribution is 2.35. The lowest BCUT2D eigenvalue weighted by Gasteiger charge is -2.28. The number of aromatic amines is 1. The molecule has 2 N–H and O–H groups in total. The van der Waals surface area contributed by atoms with Crippen molar-refractivity contribution < 1.29 is 9.29 Å². The molecule has 1 saturated heterocycles. The fraction of sp³-hybridized carbons (Fsp3) is 0.217. The summed E-state index contributed by atoms with van der Waals surface area (Å²) in [7, 11) is -2.82. The molecular formula is C23H23N7O2S. The lowest BCUT2D eigenvalue weighted by Crippen LogP contribution is -2.36. The van der Waals surface area contributed by atoms with Crippen LogP contribution < -0.4 is 4.90 Å². The number of fused-ring (bicyclic) bond motifs is 1. The SMILES string of the molecule is C[SH](O)(=NC#N)c1ccc(-c2cc(N3CCOCC3)nc3c(-c4ccn[nH]4)nccc23)cc1. The standard InChI is InChI=1S/C23H23N7O2S/c1-33(31,27-15-24)17-4-2-16(3-5-17)19-14-21(30-10-12-32-13-11-30)28-22-18(19)6-8-25-23(22)20-7-9-26-29-20/h2-9,14,33H,10-13H2,1H3,(H,26,29)(H,27,31). The van der Waals surface area contributed by atoms with Crippen molar-refractivity contribution in [3.05, 3.63) is 54.9 Å². The van der Waals surface area contributed by atoms with E-state index >= 15 is 0 Å². The maximum Gasteiger partial charge on any atom is 0.212 e. The number of thiol groups is 1. The number of pyridine rings is 2. The van der Waals surface area contributed by atoms with Crippen molar-refractivity contribution >= 4 is 26.8 Å². The fourth-order valence-electron chi connectivity index (χ4n) is 3.98. The third-order valence-corrected chi connectivity index (χ3v) is 7.47. The Morgan fingerprint density at radius 1 is 1.15 bits per heavy atom. The smallest absolute Gasteiger partial charge is 0.212 e. The second-order valence-corrected chi connectivity index (χ2v) is 10.4. The van der Waals surface area contributed by atoms with Crippen molar-refractivity contribution in [2.24, 2.45) is 4.36 Å². The molecule has 0 aliphatic carbocycles. The van der Waals surface area contributed by atoms with Gasteiger partial charge in [0.25, 0.3) is 0 Å².